The number of aldehydes is 1. The zero-order chi connectivity index (χ0) is 9.84. The number of oxime groups is 1. The third kappa shape index (κ3) is 2.16. The van der Waals surface area contributed by atoms with E-state index in [1.807, 2.05) is 0 Å². The van der Waals surface area contributed by atoms with Gasteiger partial charge in [-0.25, -0.2) is 4.98 Å². The smallest absolute Gasteiger partial charge is 0.182 e. The van der Waals surface area contributed by atoms with Crippen molar-refractivity contribution in [2.45, 2.75) is 0 Å². The first-order valence-electron chi connectivity index (χ1n) is 3.17. The lowest BCUT2D eigenvalue weighted by Crippen LogP contribution is -2.04. The van der Waals surface area contributed by atoms with Gasteiger partial charge in [0.1, 0.15) is 17.1 Å². The molecule has 70 valence electrons. The van der Waals surface area contributed by atoms with E-state index in [2.05, 4.69) is 15.0 Å². The number of carbonyl (C=O) groups excluding carboxylic acids is 1. The van der Waals surface area contributed by atoms with Gasteiger partial charge in [-0.05, 0) is 0 Å². The minimum Gasteiger partial charge on any atom is -0.398 e. The zero-order valence-corrected chi connectivity index (χ0v) is 8.22. The molecule has 0 fully saturated rings. The van der Waals surface area contributed by atoms with Gasteiger partial charge >= 0.3 is 0 Å². The van der Waals surface area contributed by atoms with E-state index in [-0.39, 0.29) is 16.5 Å². The van der Waals surface area contributed by atoms with Gasteiger partial charge in [0.2, 0.25) is 0 Å². The van der Waals surface area contributed by atoms with Crippen molar-refractivity contribution in [3.05, 3.63) is 10.0 Å². The van der Waals surface area contributed by atoms with Gasteiger partial charge in [0.25, 0.3) is 0 Å². The molecule has 0 aliphatic heterocycles. The number of hydrogen-bond acceptors (Lipinski definition) is 6. The standard InChI is InChI=1S/C6H6ClN3O2S/c1-12-10-3(2-11)4-5(7)13-6(8)9-4/h2H,1H3,(H2,8,9)/b10-3+. The molecular weight excluding hydrogens is 214 g/mol. The number of hydrogen-bond donors (Lipinski definition) is 1. The first kappa shape index (κ1) is 9.94. The minimum atomic E-state index is 0.0282. The Morgan fingerprint density at radius 1 is 1.85 bits per heavy atom. The van der Waals surface area contributed by atoms with Crippen LogP contribution in [-0.4, -0.2) is 24.1 Å². The second-order valence-corrected chi connectivity index (χ2v) is 3.58. The van der Waals surface area contributed by atoms with Gasteiger partial charge in [0.05, 0.1) is 0 Å². The van der Waals surface area contributed by atoms with E-state index in [0.717, 1.165) is 11.3 Å². The van der Waals surface area contributed by atoms with Crippen LogP contribution in [-0.2, 0) is 9.63 Å². The molecule has 0 saturated heterocycles. The van der Waals surface area contributed by atoms with Gasteiger partial charge in [-0.15, -0.1) is 0 Å². The second-order valence-electron chi connectivity index (χ2n) is 1.95. The SMILES string of the molecule is CO/N=C(\C=O)c1nc(N)sc1Cl. The number of nitrogen functional groups attached to an aromatic ring is 1. The van der Waals surface area contributed by atoms with Crippen molar-refractivity contribution in [1.29, 1.82) is 0 Å². The summed E-state index contributed by atoms with van der Waals surface area (Å²) in [7, 11) is 1.33. The maximum absolute atomic E-state index is 10.5. The number of nitrogens with two attached hydrogens (primary N) is 1. The van der Waals surface area contributed by atoms with Crippen molar-refractivity contribution in [2.75, 3.05) is 12.8 Å². The van der Waals surface area contributed by atoms with Crippen molar-refractivity contribution in [3.8, 4) is 0 Å². The van der Waals surface area contributed by atoms with Crippen LogP contribution in [0.4, 0.5) is 5.13 Å². The van der Waals surface area contributed by atoms with Crippen LogP contribution in [0.2, 0.25) is 4.34 Å². The molecule has 0 saturated carbocycles. The average molecular weight is 220 g/mol. The summed E-state index contributed by atoms with van der Waals surface area (Å²) in [5.74, 6) is 0. The van der Waals surface area contributed by atoms with E-state index in [1.54, 1.807) is 0 Å². The summed E-state index contributed by atoms with van der Waals surface area (Å²) in [6.07, 6.45) is 0.504. The molecule has 5 nitrogen and oxygen atoms in total. The van der Waals surface area contributed by atoms with E-state index in [0.29, 0.717) is 10.6 Å². The van der Waals surface area contributed by atoms with Gasteiger partial charge in [-0.2, -0.15) is 0 Å². The highest BCUT2D eigenvalue weighted by Crippen LogP contribution is 2.25. The van der Waals surface area contributed by atoms with Gasteiger partial charge in [0.15, 0.2) is 17.1 Å². The van der Waals surface area contributed by atoms with Crippen LogP contribution in [0, 0.1) is 0 Å². The number of carbonyl (C=O) groups is 1. The average Bonchev–Trinajstić information content (AvgIpc) is 2.41. The van der Waals surface area contributed by atoms with Crippen LogP contribution in [0.25, 0.3) is 0 Å². The Morgan fingerprint density at radius 2 is 2.54 bits per heavy atom. The highest BCUT2D eigenvalue weighted by molar-refractivity contribution is 7.19. The Labute approximate surface area is 83.2 Å². The molecule has 0 amide bonds. The molecule has 0 atom stereocenters. The van der Waals surface area contributed by atoms with Gasteiger partial charge in [-0.1, -0.05) is 28.1 Å². The molecule has 0 aliphatic rings. The topological polar surface area (TPSA) is 77.6 Å². The minimum absolute atomic E-state index is 0.0282. The summed E-state index contributed by atoms with van der Waals surface area (Å²) in [6.45, 7) is 0. The lowest BCUT2D eigenvalue weighted by atomic mass is 10.3. The lowest BCUT2D eigenvalue weighted by Gasteiger charge is -1.92. The summed E-state index contributed by atoms with van der Waals surface area (Å²) >= 11 is 6.81. The Hall–Kier alpha value is -1.14. The fraction of sp³-hybridized carbons (Fsp3) is 0.167. The molecule has 0 aliphatic carbocycles. The van der Waals surface area contributed by atoms with E-state index in [4.69, 9.17) is 17.3 Å². The molecule has 0 bridgehead atoms. The maximum atomic E-state index is 10.5. The van der Waals surface area contributed by atoms with E-state index < -0.39 is 0 Å². The van der Waals surface area contributed by atoms with Crippen molar-refractivity contribution >= 4 is 40.1 Å². The highest BCUT2D eigenvalue weighted by atomic mass is 35.5. The summed E-state index contributed by atoms with van der Waals surface area (Å²) in [4.78, 5) is 18.8. The molecule has 7 heteroatoms. The Bertz CT molecular complexity index is 350. The summed E-state index contributed by atoms with van der Waals surface area (Å²) in [6, 6.07) is 0. The molecule has 1 rings (SSSR count). The quantitative estimate of drug-likeness (QED) is 0.466. The first-order valence-corrected chi connectivity index (χ1v) is 4.37. The Morgan fingerprint density at radius 3 is 2.92 bits per heavy atom. The summed E-state index contributed by atoms with van der Waals surface area (Å²) in [5.41, 5.74) is 5.66. The van der Waals surface area contributed by atoms with Gasteiger partial charge in [-0.3, -0.25) is 4.79 Å². The van der Waals surface area contributed by atoms with Crippen LogP contribution >= 0.6 is 22.9 Å². The van der Waals surface area contributed by atoms with Crippen LogP contribution in [0.3, 0.4) is 0 Å². The molecule has 1 aromatic rings. The van der Waals surface area contributed by atoms with Crippen LogP contribution in [0.15, 0.2) is 5.16 Å². The molecule has 13 heavy (non-hydrogen) atoms. The van der Waals surface area contributed by atoms with Gasteiger partial charge < -0.3 is 10.6 Å². The second kappa shape index (κ2) is 4.20. The number of thiazole rings is 1. The summed E-state index contributed by atoms with van der Waals surface area (Å²) in [5, 5.41) is 3.72. The number of rotatable bonds is 3. The molecule has 0 unspecified atom stereocenters. The normalized spacial score (nSPS) is 11.4. The van der Waals surface area contributed by atoms with E-state index >= 15 is 0 Å². The number of nitrogens with zero attached hydrogens (tertiary/aromatic N) is 2. The molecule has 0 aromatic carbocycles. The van der Waals surface area contributed by atoms with Crippen molar-refractivity contribution < 1.29 is 9.63 Å². The molecule has 2 N–H and O–H groups in total. The number of anilines is 1. The number of halogens is 1. The van der Waals surface area contributed by atoms with E-state index in [9.17, 15) is 4.79 Å². The summed E-state index contributed by atoms with van der Waals surface area (Å²) < 4.78 is 0.320. The third-order valence-electron chi connectivity index (χ3n) is 1.15. The largest absolute Gasteiger partial charge is 0.398 e. The van der Waals surface area contributed by atoms with Crippen molar-refractivity contribution in [2.24, 2.45) is 5.16 Å². The van der Waals surface area contributed by atoms with E-state index in [1.165, 1.54) is 7.11 Å². The lowest BCUT2D eigenvalue weighted by molar-refractivity contribution is -0.102. The molecule has 1 aromatic heterocycles. The molecular formula is C6H6ClN3O2S. The third-order valence-corrected chi connectivity index (χ3v) is 2.23. The van der Waals surface area contributed by atoms with Crippen LogP contribution in [0.5, 0.6) is 0 Å². The molecule has 0 radical (unpaired) electrons. The van der Waals surface area contributed by atoms with Crippen LogP contribution < -0.4 is 5.73 Å². The van der Waals surface area contributed by atoms with Crippen molar-refractivity contribution in [3.63, 3.8) is 0 Å². The van der Waals surface area contributed by atoms with Crippen LogP contribution in [0.1, 0.15) is 5.69 Å². The zero-order valence-electron chi connectivity index (χ0n) is 6.65. The molecule has 0 spiro atoms. The maximum Gasteiger partial charge on any atom is 0.182 e. The Kier molecular flexibility index (Phi) is 3.21. The highest BCUT2D eigenvalue weighted by Gasteiger charge is 2.13. The monoisotopic (exact) mass is 219 g/mol. The van der Waals surface area contributed by atoms with Crippen molar-refractivity contribution in [1.82, 2.24) is 4.98 Å². The Balaban J connectivity index is 3.11. The predicted molar refractivity (Wildman–Crippen MR) is 51.1 cm³/mol. The fourth-order valence-corrected chi connectivity index (χ4v) is 1.64. The molecule has 1 heterocycles. The fourth-order valence-electron chi connectivity index (χ4n) is 0.694. The first-order chi connectivity index (χ1) is 6.19. The number of aromatic nitrogens is 1. The predicted octanol–water partition coefficient (Wildman–Crippen LogP) is 0.928. The van der Waals surface area contributed by atoms with Gasteiger partial charge in [0, 0.05) is 0 Å².